The van der Waals surface area contributed by atoms with Crippen molar-refractivity contribution < 1.29 is 12.8 Å². The SMILES string of the molecule is CC1NS(=O)Oc2c(-c3ccc(-c4ccc(F)cc4)cc3)cccc21. The second-order valence-electron chi connectivity index (χ2n) is 5.97. The molecule has 1 N–H and O–H groups in total. The number of hydrogen-bond acceptors (Lipinski definition) is 2. The maximum atomic E-state index is 13.1. The number of halogens is 1. The van der Waals surface area contributed by atoms with Gasteiger partial charge in [0.15, 0.2) is 5.75 Å². The Bertz CT molecular complexity index is 939. The number of benzene rings is 3. The molecule has 126 valence electrons. The maximum absolute atomic E-state index is 13.1. The van der Waals surface area contributed by atoms with Gasteiger partial charge >= 0.3 is 0 Å². The summed E-state index contributed by atoms with van der Waals surface area (Å²) in [4.78, 5) is 0. The first-order valence-corrected chi connectivity index (χ1v) is 9.05. The van der Waals surface area contributed by atoms with Crippen molar-refractivity contribution in [2.75, 3.05) is 0 Å². The zero-order valence-corrected chi connectivity index (χ0v) is 14.3. The summed E-state index contributed by atoms with van der Waals surface area (Å²) < 4.78 is 33.3. The lowest BCUT2D eigenvalue weighted by atomic mass is 9.96. The summed E-state index contributed by atoms with van der Waals surface area (Å²) in [6.07, 6.45) is 0. The van der Waals surface area contributed by atoms with E-state index < -0.39 is 11.3 Å². The molecule has 1 heterocycles. The Morgan fingerprint density at radius 3 is 2.20 bits per heavy atom. The third kappa shape index (κ3) is 3.08. The Kier molecular flexibility index (Phi) is 4.11. The molecule has 0 aromatic heterocycles. The predicted molar refractivity (Wildman–Crippen MR) is 97.6 cm³/mol. The summed E-state index contributed by atoms with van der Waals surface area (Å²) >= 11 is -1.54. The van der Waals surface area contributed by atoms with E-state index in [1.165, 1.54) is 12.1 Å². The minimum absolute atomic E-state index is 0.0389. The van der Waals surface area contributed by atoms with Crippen LogP contribution in [0.4, 0.5) is 4.39 Å². The molecule has 4 rings (SSSR count). The Balaban J connectivity index is 1.73. The van der Waals surface area contributed by atoms with Gasteiger partial charge in [-0.3, -0.25) is 0 Å². The first-order valence-electron chi connectivity index (χ1n) is 7.97. The van der Waals surface area contributed by atoms with E-state index in [9.17, 15) is 8.60 Å². The van der Waals surface area contributed by atoms with E-state index >= 15 is 0 Å². The highest BCUT2D eigenvalue weighted by Gasteiger charge is 2.25. The van der Waals surface area contributed by atoms with E-state index in [1.54, 1.807) is 12.1 Å². The Hall–Kier alpha value is -2.50. The normalized spacial score (nSPS) is 19.1. The molecule has 2 atom stereocenters. The fraction of sp³-hybridized carbons (Fsp3) is 0.100. The van der Waals surface area contributed by atoms with Crippen molar-refractivity contribution in [3.05, 3.63) is 78.1 Å². The Morgan fingerprint density at radius 1 is 0.920 bits per heavy atom. The van der Waals surface area contributed by atoms with Crippen molar-refractivity contribution in [1.82, 2.24) is 4.72 Å². The van der Waals surface area contributed by atoms with Gasteiger partial charge < -0.3 is 4.18 Å². The van der Waals surface area contributed by atoms with Gasteiger partial charge in [0, 0.05) is 17.2 Å². The number of fused-ring (bicyclic) bond motifs is 1. The molecule has 0 saturated heterocycles. The summed E-state index contributed by atoms with van der Waals surface area (Å²) in [5.74, 6) is 0.408. The lowest BCUT2D eigenvalue weighted by molar-refractivity contribution is 0.501. The van der Waals surface area contributed by atoms with E-state index in [-0.39, 0.29) is 11.9 Å². The van der Waals surface area contributed by atoms with E-state index in [0.717, 1.165) is 27.8 Å². The van der Waals surface area contributed by atoms with Gasteiger partial charge in [-0.15, -0.1) is 0 Å². The zero-order chi connectivity index (χ0) is 17.4. The standard InChI is InChI=1S/C20H16FNO2S/c1-13-18-3-2-4-19(20(18)24-25(23)22-13)16-7-5-14(6-8-16)15-9-11-17(21)12-10-15/h2-13,22H,1H3. The van der Waals surface area contributed by atoms with Crippen LogP contribution in [0.5, 0.6) is 5.75 Å². The Labute approximate surface area is 148 Å². The quantitative estimate of drug-likeness (QED) is 0.720. The number of hydrogen-bond donors (Lipinski definition) is 1. The summed E-state index contributed by atoms with van der Waals surface area (Å²) in [5.41, 5.74) is 4.84. The molecule has 0 amide bonds. The molecule has 1 aliphatic heterocycles. The molecule has 0 radical (unpaired) electrons. The molecule has 1 aliphatic rings. The van der Waals surface area contributed by atoms with Crippen molar-refractivity contribution in [3.63, 3.8) is 0 Å². The van der Waals surface area contributed by atoms with Gasteiger partial charge in [0.05, 0.1) is 0 Å². The summed E-state index contributed by atoms with van der Waals surface area (Å²) in [6, 6.07) is 20.3. The summed E-state index contributed by atoms with van der Waals surface area (Å²) in [5, 5.41) is 0. The van der Waals surface area contributed by atoms with E-state index in [1.807, 2.05) is 49.4 Å². The van der Waals surface area contributed by atoms with Crippen molar-refractivity contribution in [1.29, 1.82) is 0 Å². The van der Waals surface area contributed by atoms with Crippen LogP contribution in [0.25, 0.3) is 22.3 Å². The first-order chi connectivity index (χ1) is 12.1. The molecule has 5 heteroatoms. The van der Waals surface area contributed by atoms with Crippen LogP contribution in [0.3, 0.4) is 0 Å². The minimum Gasteiger partial charge on any atom is -0.388 e. The lowest BCUT2D eigenvalue weighted by Crippen LogP contribution is -2.30. The van der Waals surface area contributed by atoms with Crippen LogP contribution in [-0.2, 0) is 11.3 Å². The lowest BCUT2D eigenvalue weighted by Gasteiger charge is -2.24. The van der Waals surface area contributed by atoms with E-state index in [0.29, 0.717) is 5.75 Å². The summed E-state index contributed by atoms with van der Waals surface area (Å²) in [7, 11) is 0. The van der Waals surface area contributed by atoms with Gasteiger partial charge in [0.1, 0.15) is 5.82 Å². The van der Waals surface area contributed by atoms with Crippen LogP contribution >= 0.6 is 0 Å². The maximum Gasteiger partial charge on any atom is 0.288 e. The third-order valence-electron chi connectivity index (χ3n) is 4.32. The highest BCUT2D eigenvalue weighted by molar-refractivity contribution is 7.78. The Morgan fingerprint density at radius 2 is 1.52 bits per heavy atom. The molecule has 0 spiro atoms. The van der Waals surface area contributed by atoms with Gasteiger partial charge in [-0.1, -0.05) is 54.6 Å². The van der Waals surface area contributed by atoms with Crippen LogP contribution in [0.1, 0.15) is 18.5 Å². The highest BCUT2D eigenvalue weighted by Crippen LogP contribution is 2.39. The first kappa shape index (κ1) is 16.0. The average molecular weight is 353 g/mol. The molecule has 3 aromatic carbocycles. The molecule has 0 saturated carbocycles. The molecular weight excluding hydrogens is 337 g/mol. The molecular formula is C20H16FNO2S. The molecule has 0 bridgehead atoms. The van der Waals surface area contributed by atoms with Crippen molar-refractivity contribution >= 4 is 11.3 Å². The zero-order valence-electron chi connectivity index (χ0n) is 13.5. The second-order valence-corrected chi connectivity index (χ2v) is 6.84. The van der Waals surface area contributed by atoms with Crippen molar-refractivity contribution in [3.8, 4) is 28.0 Å². The van der Waals surface area contributed by atoms with Gasteiger partial charge in [0.2, 0.25) is 0 Å². The van der Waals surface area contributed by atoms with E-state index in [2.05, 4.69) is 4.72 Å². The molecule has 0 fully saturated rings. The number of para-hydroxylation sites is 1. The van der Waals surface area contributed by atoms with Crippen LogP contribution in [-0.4, -0.2) is 4.21 Å². The smallest absolute Gasteiger partial charge is 0.288 e. The third-order valence-corrected chi connectivity index (χ3v) is 5.18. The molecule has 2 unspecified atom stereocenters. The van der Waals surface area contributed by atoms with Crippen LogP contribution in [0, 0.1) is 5.82 Å². The van der Waals surface area contributed by atoms with Gasteiger partial charge in [-0.25, -0.2) is 4.39 Å². The molecule has 3 aromatic rings. The largest absolute Gasteiger partial charge is 0.388 e. The average Bonchev–Trinajstić information content (AvgIpc) is 2.62. The fourth-order valence-corrected chi connectivity index (χ4v) is 3.81. The van der Waals surface area contributed by atoms with Crippen LogP contribution in [0.15, 0.2) is 66.7 Å². The predicted octanol–water partition coefficient (Wildman–Crippen LogP) is 4.78. The van der Waals surface area contributed by atoms with Crippen molar-refractivity contribution in [2.24, 2.45) is 0 Å². The fourth-order valence-electron chi connectivity index (χ4n) is 3.01. The topological polar surface area (TPSA) is 38.3 Å². The molecule has 25 heavy (non-hydrogen) atoms. The molecule has 0 aliphatic carbocycles. The van der Waals surface area contributed by atoms with Crippen LogP contribution in [0.2, 0.25) is 0 Å². The van der Waals surface area contributed by atoms with Gasteiger partial charge in [0.25, 0.3) is 11.3 Å². The molecule has 3 nitrogen and oxygen atoms in total. The number of rotatable bonds is 2. The van der Waals surface area contributed by atoms with Gasteiger partial charge in [-0.05, 0) is 35.7 Å². The monoisotopic (exact) mass is 353 g/mol. The van der Waals surface area contributed by atoms with Crippen LogP contribution < -0.4 is 8.91 Å². The number of nitrogens with one attached hydrogen (secondary N) is 1. The van der Waals surface area contributed by atoms with Gasteiger partial charge in [-0.2, -0.15) is 8.93 Å². The summed E-state index contributed by atoms with van der Waals surface area (Å²) in [6.45, 7) is 1.96. The second kappa shape index (κ2) is 6.43. The minimum atomic E-state index is -1.54. The highest BCUT2D eigenvalue weighted by atomic mass is 32.2. The van der Waals surface area contributed by atoms with Crippen molar-refractivity contribution in [2.45, 2.75) is 13.0 Å². The van der Waals surface area contributed by atoms with E-state index in [4.69, 9.17) is 4.18 Å².